The van der Waals surface area contributed by atoms with E-state index in [-0.39, 0.29) is 0 Å². The van der Waals surface area contributed by atoms with Gasteiger partial charge in [0, 0.05) is 32.3 Å². The first-order chi connectivity index (χ1) is 16.4. The highest BCUT2D eigenvalue weighted by Crippen LogP contribution is 2.45. The molecule has 9 rings (SSSR count). The van der Waals surface area contributed by atoms with Gasteiger partial charge in [0.1, 0.15) is 11.2 Å². The Kier molecular flexibility index (Phi) is 2.54. The molecular weight excluding hydrogens is 410 g/mol. The van der Waals surface area contributed by atoms with Crippen LogP contribution in [-0.4, -0.2) is 14.4 Å². The van der Waals surface area contributed by atoms with Crippen LogP contribution in [0.15, 0.2) is 88.0 Å². The highest BCUT2D eigenvalue weighted by Gasteiger charge is 2.24. The van der Waals surface area contributed by atoms with E-state index < -0.39 is 0 Å². The molecular formula is C28H13N3O2. The third-order valence-corrected chi connectivity index (χ3v) is 7.05. The lowest BCUT2D eigenvalue weighted by atomic mass is 10.0. The molecule has 0 aliphatic carbocycles. The molecule has 3 aromatic carbocycles. The lowest BCUT2D eigenvalue weighted by molar-refractivity contribution is 0.654. The van der Waals surface area contributed by atoms with Gasteiger partial charge >= 0.3 is 0 Å². The van der Waals surface area contributed by atoms with Crippen LogP contribution in [0.25, 0.3) is 82.2 Å². The summed E-state index contributed by atoms with van der Waals surface area (Å²) in [5, 5.41) is 9.03. The standard InChI is InChI=1S/C28H13N3O2/c1-3-10-20-14(6-1)24-22-16-8-5-9-17-23-19(31(26(16)17)18(22)12-29-27(24)32-20)13-30-28-25(23)15-7-2-4-11-21(15)33-28/h1-13H. The Bertz CT molecular complexity index is 2090. The monoisotopic (exact) mass is 423 g/mol. The smallest absolute Gasteiger partial charge is 0.228 e. The Hall–Kier alpha value is -4.64. The lowest BCUT2D eigenvalue weighted by Gasteiger charge is -1.99. The van der Waals surface area contributed by atoms with Crippen LogP contribution in [0.2, 0.25) is 0 Å². The molecule has 0 aliphatic heterocycles. The van der Waals surface area contributed by atoms with Gasteiger partial charge in [-0.3, -0.25) is 0 Å². The molecule has 0 saturated carbocycles. The molecule has 0 atom stereocenters. The van der Waals surface area contributed by atoms with Crippen LogP contribution in [0, 0.1) is 0 Å². The number of furan rings is 2. The third kappa shape index (κ3) is 1.71. The van der Waals surface area contributed by atoms with Crippen LogP contribution < -0.4 is 0 Å². The van der Waals surface area contributed by atoms with E-state index in [1.165, 1.54) is 27.1 Å². The maximum Gasteiger partial charge on any atom is 0.228 e. The van der Waals surface area contributed by atoms with Crippen LogP contribution in [0.3, 0.4) is 0 Å². The Balaban J connectivity index is 1.62. The van der Waals surface area contributed by atoms with Gasteiger partial charge in [-0.05, 0) is 12.1 Å². The molecule has 6 aromatic heterocycles. The zero-order valence-corrected chi connectivity index (χ0v) is 17.2. The van der Waals surface area contributed by atoms with E-state index in [0.717, 1.165) is 43.7 Å². The van der Waals surface area contributed by atoms with Gasteiger partial charge in [0.15, 0.2) is 0 Å². The van der Waals surface area contributed by atoms with Gasteiger partial charge in [-0.25, -0.2) is 9.97 Å². The number of fused-ring (bicyclic) bond motifs is 14. The summed E-state index contributed by atoms with van der Waals surface area (Å²) in [6, 6.07) is 22.8. The number of nitrogens with zero attached hydrogens (tertiary/aromatic N) is 3. The minimum Gasteiger partial charge on any atom is -0.438 e. The summed E-state index contributed by atoms with van der Waals surface area (Å²) in [4.78, 5) is 9.44. The average Bonchev–Trinajstić information content (AvgIpc) is 3.58. The predicted molar refractivity (Wildman–Crippen MR) is 131 cm³/mol. The van der Waals surface area contributed by atoms with Crippen molar-refractivity contribution in [3.05, 3.63) is 79.1 Å². The topological polar surface area (TPSA) is 56.5 Å². The number of rotatable bonds is 0. The van der Waals surface area contributed by atoms with E-state index in [9.17, 15) is 0 Å². The largest absolute Gasteiger partial charge is 0.438 e. The number of benzene rings is 3. The van der Waals surface area contributed by atoms with Gasteiger partial charge in [0.2, 0.25) is 11.4 Å². The van der Waals surface area contributed by atoms with Crippen molar-refractivity contribution in [3.63, 3.8) is 0 Å². The molecule has 6 heterocycles. The summed E-state index contributed by atoms with van der Waals surface area (Å²) in [5.74, 6) is 0. The van der Waals surface area contributed by atoms with Crippen molar-refractivity contribution in [2.45, 2.75) is 0 Å². The van der Waals surface area contributed by atoms with Gasteiger partial charge in [-0.1, -0.05) is 54.6 Å². The molecule has 0 N–H and O–H groups in total. The van der Waals surface area contributed by atoms with Crippen molar-refractivity contribution in [2.75, 3.05) is 0 Å². The minimum atomic E-state index is 0.670. The zero-order chi connectivity index (χ0) is 21.3. The third-order valence-electron chi connectivity index (χ3n) is 7.05. The summed E-state index contributed by atoms with van der Waals surface area (Å²) in [6.07, 6.45) is 3.85. The molecule has 0 unspecified atom stereocenters. The molecule has 0 radical (unpaired) electrons. The second kappa shape index (κ2) is 5.22. The predicted octanol–water partition coefficient (Wildman–Crippen LogP) is 7.43. The van der Waals surface area contributed by atoms with E-state index in [4.69, 9.17) is 18.8 Å². The summed E-state index contributed by atoms with van der Waals surface area (Å²) < 4.78 is 14.5. The SMILES string of the molecule is c1ccc2c(c1)oc1ncc3c(c4cccc5c6c7c(ncc6n3c45)oc3ccccc37)c12. The second-order valence-electron chi connectivity index (χ2n) is 8.63. The van der Waals surface area contributed by atoms with E-state index in [2.05, 4.69) is 34.7 Å². The second-order valence-corrected chi connectivity index (χ2v) is 8.63. The van der Waals surface area contributed by atoms with E-state index in [1.54, 1.807) is 0 Å². The average molecular weight is 423 g/mol. The molecule has 152 valence electrons. The van der Waals surface area contributed by atoms with Gasteiger partial charge < -0.3 is 13.2 Å². The van der Waals surface area contributed by atoms with E-state index in [1.807, 2.05) is 48.8 Å². The first-order valence-electron chi connectivity index (χ1n) is 10.9. The fourth-order valence-electron chi connectivity index (χ4n) is 5.80. The molecule has 0 amide bonds. The summed E-state index contributed by atoms with van der Waals surface area (Å²) in [6.45, 7) is 0. The quantitative estimate of drug-likeness (QED) is 0.255. The Morgan fingerprint density at radius 3 is 1.55 bits per heavy atom. The molecule has 33 heavy (non-hydrogen) atoms. The molecule has 0 spiro atoms. The number of aromatic nitrogens is 3. The van der Waals surface area contributed by atoms with Crippen molar-refractivity contribution < 1.29 is 8.83 Å². The highest BCUT2D eigenvalue weighted by atomic mass is 16.3. The fraction of sp³-hybridized carbons (Fsp3) is 0. The van der Waals surface area contributed by atoms with Crippen molar-refractivity contribution >= 4 is 82.2 Å². The van der Waals surface area contributed by atoms with E-state index in [0.29, 0.717) is 11.4 Å². The normalized spacial score (nSPS) is 12.8. The molecule has 0 aliphatic rings. The highest BCUT2D eigenvalue weighted by molar-refractivity contribution is 6.35. The maximum absolute atomic E-state index is 6.09. The molecule has 5 heteroatoms. The van der Waals surface area contributed by atoms with E-state index >= 15 is 0 Å². The van der Waals surface area contributed by atoms with Crippen LogP contribution in [0.1, 0.15) is 0 Å². The number of pyridine rings is 2. The molecule has 0 fully saturated rings. The summed E-state index contributed by atoms with van der Waals surface area (Å²) >= 11 is 0. The van der Waals surface area contributed by atoms with Crippen LogP contribution in [0.5, 0.6) is 0 Å². The Morgan fingerprint density at radius 1 is 0.515 bits per heavy atom. The molecule has 0 bridgehead atoms. The van der Waals surface area contributed by atoms with Gasteiger partial charge in [0.25, 0.3) is 0 Å². The fourth-order valence-corrected chi connectivity index (χ4v) is 5.80. The number of hydrogen-bond acceptors (Lipinski definition) is 4. The molecule has 0 saturated heterocycles. The zero-order valence-electron chi connectivity index (χ0n) is 17.2. The van der Waals surface area contributed by atoms with Crippen molar-refractivity contribution in [2.24, 2.45) is 0 Å². The number of para-hydroxylation sites is 3. The van der Waals surface area contributed by atoms with Crippen molar-refractivity contribution in [1.82, 2.24) is 14.4 Å². The minimum absolute atomic E-state index is 0.670. The molecule has 5 nitrogen and oxygen atoms in total. The summed E-state index contributed by atoms with van der Waals surface area (Å²) in [5.41, 5.74) is 6.35. The van der Waals surface area contributed by atoms with Gasteiger partial charge in [-0.15, -0.1) is 0 Å². The van der Waals surface area contributed by atoms with Crippen LogP contribution in [0.4, 0.5) is 0 Å². The van der Waals surface area contributed by atoms with Gasteiger partial charge in [-0.2, -0.15) is 0 Å². The van der Waals surface area contributed by atoms with Crippen molar-refractivity contribution in [3.8, 4) is 0 Å². The lowest BCUT2D eigenvalue weighted by Crippen LogP contribution is -1.84. The first-order valence-corrected chi connectivity index (χ1v) is 10.9. The van der Waals surface area contributed by atoms with Crippen LogP contribution >= 0.6 is 0 Å². The Morgan fingerprint density at radius 2 is 1.00 bits per heavy atom. The number of hydrogen-bond donors (Lipinski definition) is 0. The molecule has 9 aromatic rings. The van der Waals surface area contributed by atoms with Gasteiger partial charge in [0.05, 0.1) is 39.7 Å². The maximum atomic E-state index is 6.09. The van der Waals surface area contributed by atoms with Crippen LogP contribution in [-0.2, 0) is 0 Å². The van der Waals surface area contributed by atoms with Crippen molar-refractivity contribution in [1.29, 1.82) is 0 Å². The summed E-state index contributed by atoms with van der Waals surface area (Å²) in [7, 11) is 0. The first kappa shape index (κ1) is 16.1. The Labute approximate surface area is 184 Å².